The summed E-state index contributed by atoms with van der Waals surface area (Å²) in [6, 6.07) is 17.6. The molecule has 0 fully saturated rings. The number of hydrogen-bond donors (Lipinski definition) is 1. The second kappa shape index (κ2) is 9.05. The van der Waals surface area contributed by atoms with Crippen molar-refractivity contribution in [2.75, 3.05) is 6.61 Å². The molecular weight excluding hydrogens is 384 g/mol. The van der Waals surface area contributed by atoms with Crippen molar-refractivity contribution >= 4 is 17.7 Å². The number of phenolic OH excluding ortho intramolecular Hbond substituents is 1. The molecule has 0 saturated heterocycles. The molecule has 0 unspecified atom stereocenters. The monoisotopic (exact) mass is 404 g/mol. The van der Waals surface area contributed by atoms with Crippen molar-refractivity contribution in [3.8, 4) is 11.5 Å². The van der Waals surface area contributed by atoms with Crippen LogP contribution < -0.4 is 4.74 Å². The third kappa shape index (κ3) is 4.91. The van der Waals surface area contributed by atoms with Gasteiger partial charge in [-0.2, -0.15) is 0 Å². The Labute approximate surface area is 173 Å². The average molecular weight is 404 g/mol. The van der Waals surface area contributed by atoms with Crippen LogP contribution in [0.5, 0.6) is 11.5 Å². The number of carbonyl (C=O) groups excluding carboxylic acids is 3. The molecule has 0 aliphatic heterocycles. The number of aromatic hydroxyl groups is 1. The minimum atomic E-state index is -0.784. The quantitative estimate of drug-likeness (QED) is 0.375. The van der Waals surface area contributed by atoms with E-state index in [4.69, 9.17) is 9.47 Å². The minimum Gasteiger partial charge on any atom is -0.507 e. The van der Waals surface area contributed by atoms with Crippen molar-refractivity contribution in [2.24, 2.45) is 0 Å². The van der Waals surface area contributed by atoms with Gasteiger partial charge in [-0.25, -0.2) is 9.59 Å². The van der Waals surface area contributed by atoms with Gasteiger partial charge in [-0.05, 0) is 61.9 Å². The Morgan fingerprint density at radius 2 is 1.43 bits per heavy atom. The number of para-hydroxylation sites is 1. The first-order valence-corrected chi connectivity index (χ1v) is 9.23. The number of ketones is 1. The van der Waals surface area contributed by atoms with Crippen LogP contribution in [0.3, 0.4) is 0 Å². The van der Waals surface area contributed by atoms with Crippen LogP contribution in [-0.2, 0) is 4.74 Å². The summed E-state index contributed by atoms with van der Waals surface area (Å²) in [4.78, 5) is 36.5. The standard InChI is InChI=1S/C24H20O6/c1-15-6-8-18(9-7-15)23(27)30-19-12-10-17(11-13-19)21(25)14-29-24(28)20-5-3-4-16(2)22(20)26/h3-13,26H,14H2,1-2H3. The maximum atomic E-state index is 12.3. The lowest BCUT2D eigenvalue weighted by molar-refractivity contribution is 0.0471. The van der Waals surface area contributed by atoms with Crippen LogP contribution in [0.15, 0.2) is 66.7 Å². The Hall–Kier alpha value is -3.93. The third-order valence-corrected chi connectivity index (χ3v) is 4.47. The molecule has 0 spiro atoms. The number of phenols is 1. The van der Waals surface area contributed by atoms with E-state index < -0.39 is 24.3 Å². The smallest absolute Gasteiger partial charge is 0.343 e. The highest BCUT2D eigenvalue weighted by Gasteiger charge is 2.16. The number of aryl methyl sites for hydroxylation is 2. The fourth-order valence-electron chi connectivity index (χ4n) is 2.68. The lowest BCUT2D eigenvalue weighted by Gasteiger charge is -2.08. The van der Waals surface area contributed by atoms with Gasteiger partial charge in [0.25, 0.3) is 0 Å². The van der Waals surface area contributed by atoms with Crippen LogP contribution in [0, 0.1) is 13.8 Å². The maximum absolute atomic E-state index is 12.3. The van der Waals surface area contributed by atoms with Crippen molar-refractivity contribution in [2.45, 2.75) is 13.8 Å². The summed E-state index contributed by atoms with van der Waals surface area (Å²) in [5, 5.41) is 9.92. The van der Waals surface area contributed by atoms with Gasteiger partial charge < -0.3 is 14.6 Å². The topological polar surface area (TPSA) is 89.9 Å². The number of rotatable bonds is 6. The summed E-state index contributed by atoms with van der Waals surface area (Å²) in [5.74, 6) is -1.59. The summed E-state index contributed by atoms with van der Waals surface area (Å²) in [7, 11) is 0. The second-order valence-electron chi connectivity index (χ2n) is 6.75. The molecule has 6 heteroatoms. The molecule has 0 heterocycles. The van der Waals surface area contributed by atoms with Gasteiger partial charge in [-0.3, -0.25) is 4.79 Å². The Bertz CT molecular complexity index is 1080. The van der Waals surface area contributed by atoms with Crippen LogP contribution in [0.4, 0.5) is 0 Å². The summed E-state index contributed by atoms with van der Waals surface area (Å²) < 4.78 is 10.3. The summed E-state index contributed by atoms with van der Waals surface area (Å²) in [5.41, 5.74) is 2.29. The highest BCUT2D eigenvalue weighted by molar-refractivity contribution is 6.00. The first-order chi connectivity index (χ1) is 14.3. The van der Waals surface area contributed by atoms with Gasteiger partial charge in [0.05, 0.1) is 5.56 Å². The molecule has 0 amide bonds. The summed E-state index contributed by atoms with van der Waals surface area (Å²) >= 11 is 0. The van der Waals surface area contributed by atoms with Gasteiger partial charge in [0, 0.05) is 5.56 Å². The molecule has 6 nitrogen and oxygen atoms in total. The SMILES string of the molecule is Cc1ccc(C(=O)Oc2ccc(C(=O)COC(=O)c3cccc(C)c3O)cc2)cc1. The second-order valence-corrected chi connectivity index (χ2v) is 6.75. The number of benzene rings is 3. The largest absolute Gasteiger partial charge is 0.507 e. The minimum absolute atomic E-state index is 0.00108. The number of esters is 2. The van der Waals surface area contributed by atoms with E-state index in [1.807, 2.05) is 19.1 Å². The zero-order valence-electron chi connectivity index (χ0n) is 16.5. The molecule has 0 aliphatic carbocycles. The number of hydrogen-bond acceptors (Lipinski definition) is 6. The van der Waals surface area contributed by atoms with E-state index in [0.717, 1.165) is 5.56 Å². The Morgan fingerprint density at radius 3 is 2.10 bits per heavy atom. The molecule has 1 N–H and O–H groups in total. The molecular formula is C24H20O6. The highest BCUT2D eigenvalue weighted by Crippen LogP contribution is 2.22. The normalized spacial score (nSPS) is 10.3. The van der Waals surface area contributed by atoms with Gasteiger partial charge >= 0.3 is 11.9 Å². The van der Waals surface area contributed by atoms with E-state index in [9.17, 15) is 19.5 Å². The maximum Gasteiger partial charge on any atom is 0.343 e. The molecule has 3 aromatic rings. The zero-order chi connectivity index (χ0) is 21.7. The molecule has 0 aliphatic rings. The lowest BCUT2D eigenvalue weighted by Crippen LogP contribution is -2.14. The van der Waals surface area contributed by atoms with Crippen molar-refractivity contribution in [3.05, 3.63) is 94.5 Å². The van der Waals surface area contributed by atoms with Gasteiger partial charge in [-0.1, -0.05) is 29.8 Å². The van der Waals surface area contributed by atoms with Crippen LogP contribution in [-0.4, -0.2) is 29.4 Å². The van der Waals surface area contributed by atoms with Crippen molar-refractivity contribution in [1.29, 1.82) is 0 Å². The van der Waals surface area contributed by atoms with Crippen molar-refractivity contribution < 1.29 is 29.0 Å². The van der Waals surface area contributed by atoms with Gasteiger partial charge in [0.1, 0.15) is 17.1 Å². The highest BCUT2D eigenvalue weighted by atomic mass is 16.5. The molecule has 3 rings (SSSR count). The molecule has 30 heavy (non-hydrogen) atoms. The predicted molar refractivity (Wildman–Crippen MR) is 110 cm³/mol. The predicted octanol–water partition coefficient (Wildman–Crippen LogP) is 4.27. The van der Waals surface area contributed by atoms with Crippen molar-refractivity contribution in [3.63, 3.8) is 0 Å². The Balaban J connectivity index is 1.58. The zero-order valence-corrected chi connectivity index (χ0v) is 16.5. The molecule has 3 aromatic carbocycles. The van der Waals surface area contributed by atoms with E-state index in [1.165, 1.54) is 30.3 Å². The molecule has 0 bridgehead atoms. The first-order valence-electron chi connectivity index (χ1n) is 9.23. The van der Waals surface area contributed by atoms with Crippen LogP contribution in [0.2, 0.25) is 0 Å². The van der Waals surface area contributed by atoms with E-state index in [0.29, 0.717) is 22.4 Å². The van der Waals surface area contributed by atoms with E-state index in [1.54, 1.807) is 31.2 Å². The van der Waals surface area contributed by atoms with Crippen LogP contribution in [0.25, 0.3) is 0 Å². The van der Waals surface area contributed by atoms with Crippen molar-refractivity contribution in [1.82, 2.24) is 0 Å². The Kier molecular flexibility index (Phi) is 6.27. The van der Waals surface area contributed by atoms with Gasteiger partial charge in [-0.15, -0.1) is 0 Å². The molecule has 0 atom stereocenters. The summed E-state index contributed by atoms with van der Waals surface area (Å²) in [6.45, 7) is 3.10. The average Bonchev–Trinajstić information content (AvgIpc) is 2.74. The van der Waals surface area contributed by atoms with Gasteiger partial charge in [0.2, 0.25) is 0 Å². The molecule has 0 radical (unpaired) electrons. The fraction of sp³-hybridized carbons (Fsp3) is 0.125. The van der Waals surface area contributed by atoms with E-state index in [-0.39, 0.29) is 11.3 Å². The number of ether oxygens (including phenoxy) is 2. The van der Waals surface area contributed by atoms with Gasteiger partial charge in [0.15, 0.2) is 12.4 Å². The lowest BCUT2D eigenvalue weighted by atomic mass is 10.1. The third-order valence-electron chi connectivity index (χ3n) is 4.47. The number of Topliss-reactive ketones (excluding diaryl/α,β-unsaturated/α-hetero) is 1. The van der Waals surface area contributed by atoms with Crippen LogP contribution in [0.1, 0.15) is 42.2 Å². The fourth-order valence-corrected chi connectivity index (χ4v) is 2.68. The summed E-state index contributed by atoms with van der Waals surface area (Å²) in [6.07, 6.45) is 0. The molecule has 0 aromatic heterocycles. The first kappa shape index (κ1) is 20.8. The van der Waals surface area contributed by atoms with Crippen LogP contribution >= 0.6 is 0 Å². The molecule has 0 saturated carbocycles. The number of carbonyl (C=O) groups is 3. The van der Waals surface area contributed by atoms with E-state index >= 15 is 0 Å². The molecule has 152 valence electrons. The van der Waals surface area contributed by atoms with E-state index in [2.05, 4.69) is 0 Å². The Morgan fingerprint density at radius 1 is 0.800 bits per heavy atom.